The maximum Gasteiger partial charge on any atom is 0.272 e. The summed E-state index contributed by atoms with van der Waals surface area (Å²) in [6, 6.07) is 8.77. The fraction of sp³-hybridized carbons (Fsp3) is 0.188. The first kappa shape index (κ1) is 15.2. The van der Waals surface area contributed by atoms with E-state index in [9.17, 15) is 4.79 Å². The minimum atomic E-state index is -0.226. The molecule has 1 aromatic heterocycles. The molecule has 0 aliphatic carbocycles. The van der Waals surface area contributed by atoms with Crippen LogP contribution in [0.25, 0.3) is 0 Å². The molecule has 2 aromatic rings. The van der Waals surface area contributed by atoms with Gasteiger partial charge in [-0.05, 0) is 31.2 Å². The van der Waals surface area contributed by atoms with E-state index in [4.69, 9.17) is 16.7 Å². The Morgan fingerprint density at radius 2 is 2.24 bits per heavy atom. The summed E-state index contributed by atoms with van der Waals surface area (Å²) < 4.78 is 1.78. The summed E-state index contributed by atoms with van der Waals surface area (Å²) in [7, 11) is 0. The van der Waals surface area contributed by atoms with Crippen LogP contribution >= 0.6 is 11.6 Å². The highest BCUT2D eigenvalue weighted by Gasteiger charge is 2.12. The van der Waals surface area contributed by atoms with Crippen molar-refractivity contribution in [2.75, 3.05) is 11.9 Å². The SMILES string of the molecule is CCn1cc(Cl)cc1C(=O)Nc1cccc(C#CCO)c1. The number of hydrogen-bond donors (Lipinski definition) is 2. The molecule has 4 nitrogen and oxygen atoms in total. The molecule has 1 heterocycles. The second-order valence-corrected chi connectivity index (χ2v) is 4.76. The van der Waals surface area contributed by atoms with Gasteiger partial charge in [0, 0.05) is 24.0 Å². The average Bonchev–Trinajstić information content (AvgIpc) is 2.87. The number of aromatic nitrogens is 1. The number of carbonyl (C=O) groups is 1. The Kier molecular flexibility index (Phi) is 5.04. The zero-order chi connectivity index (χ0) is 15.2. The van der Waals surface area contributed by atoms with E-state index in [1.54, 1.807) is 35.0 Å². The lowest BCUT2D eigenvalue weighted by molar-refractivity contribution is 0.101. The molecule has 0 unspecified atom stereocenters. The topological polar surface area (TPSA) is 54.3 Å². The number of aliphatic hydroxyl groups is 1. The molecule has 5 heteroatoms. The Labute approximate surface area is 128 Å². The number of hydrogen-bond acceptors (Lipinski definition) is 2. The van der Waals surface area contributed by atoms with E-state index in [-0.39, 0.29) is 12.5 Å². The van der Waals surface area contributed by atoms with Gasteiger partial charge in [0.15, 0.2) is 0 Å². The Balaban J connectivity index is 2.19. The summed E-state index contributed by atoms with van der Waals surface area (Å²) in [6.45, 7) is 2.41. The number of amides is 1. The molecule has 0 spiro atoms. The lowest BCUT2D eigenvalue weighted by Gasteiger charge is -2.08. The molecule has 108 valence electrons. The number of nitrogens with zero attached hydrogens (tertiary/aromatic N) is 1. The van der Waals surface area contributed by atoms with E-state index in [1.807, 2.05) is 13.0 Å². The average molecular weight is 303 g/mol. The van der Waals surface area contributed by atoms with Crippen LogP contribution < -0.4 is 5.32 Å². The van der Waals surface area contributed by atoms with E-state index >= 15 is 0 Å². The third kappa shape index (κ3) is 3.88. The summed E-state index contributed by atoms with van der Waals surface area (Å²) >= 11 is 5.93. The van der Waals surface area contributed by atoms with Gasteiger partial charge in [0.25, 0.3) is 5.91 Å². The second kappa shape index (κ2) is 6.98. The number of anilines is 1. The Hall–Kier alpha value is -2.22. The van der Waals surface area contributed by atoms with Crippen LogP contribution in [0.4, 0.5) is 5.69 Å². The van der Waals surface area contributed by atoms with Gasteiger partial charge in [-0.2, -0.15) is 0 Å². The minimum Gasteiger partial charge on any atom is -0.384 e. The van der Waals surface area contributed by atoms with Gasteiger partial charge < -0.3 is 15.0 Å². The summed E-state index contributed by atoms with van der Waals surface area (Å²) in [5.74, 6) is 5.14. The number of benzene rings is 1. The van der Waals surface area contributed by atoms with Gasteiger partial charge in [-0.25, -0.2) is 0 Å². The number of aryl methyl sites for hydroxylation is 1. The van der Waals surface area contributed by atoms with Crippen molar-refractivity contribution >= 4 is 23.2 Å². The molecule has 1 amide bonds. The first-order valence-corrected chi connectivity index (χ1v) is 6.88. The molecule has 0 radical (unpaired) electrons. The van der Waals surface area contributed by atoms with Crippen LogP contribution in [-0.2, 0) is 6.54 Å². The molecule has 0 atom stereocenters. The monoisotopic (exact) mass is 302 g/mol. The van der Waals surface area contributed by atoms with Crippen molar-refractivity contribution in [1.82, 2.24) is 4.57 Å². The van der Waals surface area contributed by atoms with Crippen LogP contribution in [0.15, 0.2) is 36.5 Å². The molecule has 0 saturated carbocycles. The highest BCUT2D eigenvalue weighted by atomic mass is 35.5. The van der Waals surface area contributed by atoms with Crippen molar-refractivity contribution in [3.63, 3.8) is 0 Å². The lowest BCUT2D eigenvalue weighted by atomic mass is 10.2. The minimum absolute atomic E-state index is 0.195. The summed E-state index contributed by atoms with van der Waals surface area (Å²) in [5, 5.41) is 12.0. The fourth-order valence-corrected chi connectivity index (χ4v) is 2.16. The predicted octanol–water partition coefficient (Wildman–Crippen LogP) is 2.76. The number of halogens is 1. The molecule has 0 aliphatic heterocycles. The highest BCUT2D eigenvalue weighted by molar-refractivity contribution is 6.31. The van der Waals surface area contributed by atoms with Crippen molar-refractivity contribution in [3.8, 4) is 11.8 Å². The zero-order valence-corrected chi connectivity index (χ0v) is 12.3. The van der Waals surface area contributed by atoms with Gasteiger partial charge in [-0.15, -0.1) is 0 Å². The quantitative estimate of drug-likeness (QED) is 0.857. The Bertz CT molecular complexity index is 711. The highest BCUT2D eigenvalue weighted by Crippen LogP contribution is 2.17. The maximum atomic E-state index is 12.3. The largest absolute Gasteiger partial charge is 0.384 e. The van der Waals surface area contributed by atoms with Crippen molar-refractivity contribution < 1.29 is 9.90 Å². The van der Waals surface area contributed by atoms with Crippen LogP contribution in [0.3, 0.4) is 0 Å². The van der Waals surface area contributed by atoms with Gasteiger partial charge in [0.05, 0.1) is 5.02 Å². The molecule has 2 N–H and O–H groups in total. The third-order valence-electron chi connectivity index (χ3n) is 2.87. The summed E-state index contributed by atoms with van der Waals surface area (Å²) in [4.78, 5) is 12.3. The van der Waals surface area contributed by atoms with Crippen molar-refractivity contribution in [2.45, 2.75) is 13.5 Å². The van der Waals surface area contributed by atoms with E-state index < -0.39 is 0 Å². The Morgan fingerprint density at radius 3 is 2.95 bits per heavy atom. The number of rotatable bonds is 3. The first-order chi connectivity index (χ1) is 10.1. The van der Waals surface area contributed by atoms with Gasteiger partial charge in [0.2, 0.25) is 0 Å². The molecule has 21 heavy (non-hydrogen) atoms. The molecular weight excluding hydrogens is 288 g/mol. The van der Waals surface area contributed by atoms with Crippen LogP contribution in [0, 0.1) is 11.8 Å². The van der Waals surface area contributed by atoms with E-state index in [0.29, 0.717) is 22.9 Å². The zero-order valence-electron chi connectivity index (χ0n) is 11.6. The van der Waals surface area contributed by atoms with Crippen molar-refractivity contribution in [3.05, 3.63) is 52.8 Å². The number of aliphatic hydroxyl groups excluding tert-OH is 1. The normalized spacial score (nSPS) is 9.86. The molecule has 1 aromatic carbocycles. The molecular formula is C16H15ClN2O2. The number of carbonyl (C=O) groups excluding carboxylic acids is 1. The Morgan fingerprint density at radius 1 is 1.43 bits per heavy atom. The third-order valence-corrected chi connectivity index (χ3v) is 3.08. The lowest BCUT2D eigenvalue weighted by Crippen LogP contribution is -2.16. The summed E-state index contributed by atoms with van der Waals surface area (Å²) in [6.07, 6.45) is 1.72. The van der Waals surface area contributed by atoms with Crippen molar-refractivity contribution in [2.24, 2.45) is 0 Å². The molecule has 0 aliphatic rings. The van der Waals surface area contributed by atoms with Crippen molar-refractivity contribution in [1.29, 1.82) is 0 Å². The van der Waals surface area contributed by atoms with E-state index in [2.05, 4.69) is 17.2 Å². The second-order valence-electron chi connectivity index (χ2n) is 4.32. The van der Waals surface area contributed by atoms with Gasteiger partial charge in [-0.3, -0.25) is 4.79 Å². The molecule has 0 bridgehead atoms. The molecule has 0 saturated heterocycles. The number of nitrogens with one attached hydrogen (secondary N) is 1. The standard InChI is InChI=1S/C16H15ClN2O2/c1-2-19-11-13(17)10-15(19)16(21)18-14-7-3-5-12(9-14)6-4-8-20/h3,5,7,9-11,20H,2,8H2,1H3,(H,18,21). The first-order valence-electron chi connectivity index (χ1n) is 6.51. The molecule has 0 fully saturated rings. The molecule has 2 rings (SSSR count). The summed E-state index contributed by atoms with van der Waals surface area (Å²) in [5.41, 5.74) is 1.88. The predicted molar refractivity (Wildman–Crippen MR) is 83.5 cm³/mol. The van der Waals surface area contributed by atoms with Gasteiger partial charge >= 0.3 is 0 Å². The fourth-order valence-electron chi connectivity index (χ4n) is 1.94. The van der Waals surface area contributed by atoms with Gasteiger partial charge in [-0.1, -0.05) is 29.5 Å². The van der Waals surface area contributed by atoms with E-state index in [0.717, 1.165) is 5.56 Å². The van der Waals surface area contributed by atoms with Crippen LogP contribution in [0.2, 0.25) is 5.02 Å². The smallest absolute Gasteiger partial charge is 0.272 e. The van der Waals surface area contributed by atoms with Crippen LogP contribution in [0.5, 0.6) is 0 Å². The van der Waals surface area contributed by atoms with E-state index in [1.165, 1.54) is 0 Å². The maximum absolute atomic E-state index is 12.3. The van der Waals surface area contributed by atoms with Crippen LogP contribution in [-0.4, -0.2) is 22.2 Å². The van der Waals surface area contributed by atoms with Gasteiger partial charge in [0.1, 0.15) is 12.3 Å². The van der Waals surface area contributed by atoms with Crippen LogP contribution in [0.1, 0.15) is 23.0 Å².